The van der Waals surface area contributed by atoms with Gasteiger partial charge >= 0.3 is 12.2 Å². The molecule has 3 fully saturated rings. The van der Waals surface area contributed by atoms with Gasteiger partial charge in [0.1, 0.15) is 11.3 Å². The number of anilines is 1. The maximum Gasteiger partial charge on any atom is 0.416 e. The molecule has 11 heteroatoms. The summed E-state index contributed by atoms with van der Waals surface area (Å²) >= 11 is 0. The van der Waals surface area contributed by atoms with Crippen molar-refractivity contribution in [2.24, 2.45) is 11.8 Å². The molecule has 8 nitrogen and oxygen atoms in total. The number of alkyl halides is 3. The zero-order valence-electron chi connectivity index (χ0n) is 21.4. The van der Waals surface area contributed by atoms with E-state index in [0.29, 0.717) is 11.3 Å². The van der Waals surface area contributed by atoms with Gasteiger partial charge in [-0.1, -0.05) is 12.1 Å². The van der Waals surface area contributed by atoms with E-state index in [0.717, 1.165) is 34.1 Å². The van der Waals surface area contributed by atoms with E-state index in [1.807, 2.05) is 0 Å². The van der Waals surface area contributed by atoms with Gasteiger partial charge in [-0.15, -0.1) is 0 Å². The molecule has 2 aromatic carbocycles. The number of benzene rings is 2. The smallest absolute Gasteiger partial charge is 0.416 e. The van der Waals surface area contributed by atoms with Crippen molar-refractivity contribution in [1.29, 1.82) is 0 Å². The average Bonchev–Trinajstić information content (AvgIpc) is 3.35. The zero-order valence-corrected chi connectivity index (χ0v) is 21.4. The van der Waals surface area contributed by atoms with E-state index < -0.39 is 64.4 Å². The first-order chi connectivity index (χ1) is 17.6. The topological polar surface area (TPSA) is 87.2 Å². The van der Waals surface area contributed by atoms with Gasteiger partial charge in [-0.25, -0.2) is 9.69 Å². The van der Waals surface area contributed by atoms with E-state index in [9.17, 15) is 32.3 Å². The first-order valence-electron chi connectivity index (χ1n) is 12.0. The normalized spacial score (nSPS) is 27.4. The third-order valence-electron chi connectivity index (χ3n) is 7.69. The Bertz CT molecular complexity index is 1350. The minimum absolute atomic E-state index is 0.0573. The second kappa shape index (κ2) is 8.05. The molecule has 0 N–H and O–H groups in total. The molecule has 0 bridgehead atoms. The molecule has 3 aliphatic rings. The number of imide groups is 2. The summed E-state index contributed by atoms with van der Waals surface area (Å²) in [5, 5.41) is 0. The average molecular weight is 530 g/mol. The number of carbonyl (C=O) groups excluding carboxylic acids is 4. The van der Waals surface area contributed by atoms with Gasteiger partial charge in [0, 0.05) is 5.54 Å². The zero-order chi connectivity index (χ0) is 27.9. The van der Waals surface area contributed by atoms with Gasteiger partial charge in [0.25, 0.3) is 5.91 Å². The summed E-state index contributed by atoms with van der Waals surface area (Å²) in [6.45, 7) is 6.59. The Balaban J connectivity index is 1.66. The molecule has 0 aliphatic carbocycles. The summed E-state index contributed by atoms with van der Waals surface area (Å²) in [6.07, 6.45) is -4.59. The van der Waals surface area contributed by atoms with Gasteiger partial charge < -0.3 is 9.64 Å². The molecule has 3 aliphatic heterocycles. The van der Waals surface area contributed by atoms with Gasteiger partial charge in [-0.3, -0.25) is 19.3 Å². The molecule has 5 rings (SSSR count). The lowest BCUT2D eigenvalue weighted by Gasteiger charge is -2.36. The van der Waals surface area contributed by atoms with Gasteiger partial charge in [-0.05, 0) is 69.7 Å². The fourth-order valence-electron chi connectivity index (χ4n) is 6.02. The summed E-state index contributed by atoms with van der Waals surface area (Å²) in [5.41, 5.74) is -3.07. The number of likely N-dealkylation sites (tertiary alicyclic amines) is 1. The molecule has 3 heterocycles. The molecule has 3 saturated heterocycles. The predicted octanol–water partition coefficient (Wildman–Crippen LogP) is 4.40. The van der Waals surface area contributed by atoms with Crippen LogP contribution in [-0.2, 0) is 20.6 Å². The molecule has 0 saturated carbocycles. The third-order valence-corrected chi connectivity index (χ3v) is 7.69. The molecular weight excluding hydrogens is 503 g/mol. The Hall–Kier alpha value is -3.89. The number of hydrogen-bond acceptors (Lipinski definition) is 5. The van der Waals surface area contributed by atoms with Crippen LogP contribution in [0.2, 0.25) is 0 Å². The minimum atomic E-state index is -4.59. The Morgan fingerprint density at radius 3 is 1.95 bits per heavy atom. The molecular formula is C27H26F3N3O5. The van der Waals surface area contributed by atoms with Crippen molar-refractivity contribution in [3.05, 3.63) is 59.7 Å². The molecule has 4 atom stereocenters. The molecule has 38 heavy (non-hydrogen) atoms. The van der Waals surface area contributed by atoms with Crippen LogP contribution in [0.4, 0.5) is 23.7 Å². The van der Waals surface area contributed by atoms with Gasteiger partial charge in [0.05, 0.1) is 36.2 Å². The van der Waals surface area contributed by atoms with Crippen LogP contribution in [0.15, 0.2) is 48.5 Å². The van der Waals surface area contributed by atoms with Crippen LogP contribution >= 0.6 is 0 Å². The standard InChI is InChI=1S/C27H26F3N3O5/c1-25(2,3)33-21(34)18-19(22(33)35)26(4)23(36)31(16-10-8-15(9-11-16)27(28,29)30)24(37)32(26)20(18)14-6-12-17(38-5)13-7-14/h6-13,18-20H,1-5H3/t18-,19-,20-,26-/m1/s1. The molecule has 0 aromatic heterocycles. The first kappa shape index (κ1) is 25.7. The number of nitrogens with zero attached hydrogens (tertiary/aromatic N) is 3. The summed E-state index contributed by atoms with van der Waals surface area (Å²) in [4.78, 5) is 58.5. The van der Waals surface area contributed by atoms with E-state index in [1.54, 1.807) is 45.0 Å². The van der Waals surface area contributed by atoms with E-state index in [-0.39, 0.29) is 5.69 Å². The Kier molecular flexibility index (Phi) is 5.46. The quantitative estimate of drug-likeness (QED) is 0.435. The maximum atomic E-state index is 14.0. The largest absolute Gasteiger partial charge is 0.497 e. The van der Waals surface area contributed by atoms with E-state index in [1.165, 1.54) is 18.9 Å². The van der Waals surface area contributed by atoms with Crippen LogP contribution in [0.3, 0.4) is 0 Å². The molecule has 5 amide bonds. The number of rotatable bonds is 3. The van der Waals surface area contributed by atoms with Gasteiger partial charge in [0.2, 0.25) is 11.8 Å². The molecule has 0 spiro atoms. The number of amides is 5. The monoisotopic (exact) mass is 529 g/mol. The summed E-state index contributed by atoms with van der Waals surface area (Å²) in [5.74, 6) is -3.46. The van der Waals surface area contributed by atoms with E-state index >= 15 is 0 Å². The van der Waals surface area contributed by atoms with Crippen molar-refractivity contribution in [3.63, 3.8) is 0 Å². The van der Waals surface area contributed by atoms with Crippen LogP contribution < -0.4 is 9.64 Å². The molecule has 2 aromatic rings. The van der Waals surface area contributed by atoms with Crippen molar-refractivity contribution in [2.45, 2.75) is 51.0 Å². The van der Waals surface area contributed by atoms with Crippen molar-refractivity contribution in [2.75, 3.05) is 12.0 Å². The lowest BCUT2D eigenvalue weighted by molar-refractivity contribution is -0.149. The lowest BCUT2D eigenvalue weighted by Crippen LogP contribution is -2.54. The highest BCUT2D eigenvalue weighted by Gasteiger charge is 2.76. The third kappa shape index (κ3) is 3.36. The number of ether oxygens (including phenoxy) is 1. The van der Waals surface area contributed by atoms with Crippen LogP contribution in [0.1, 0.15) is 44.9 Å². The summed E-state index contributed by atoms with van der Waals surface area (Å²) < 4.78 is 44.6. The van der Waals surface area contributed by atoms with Crippen LogP contribution in [0.25, 0.3) is 0 Å². The fourth-order valence-corrected chi connectivity index (χ4v) is 6.02. The number of carbonyl (C=O) groups is 4. The second-order valence-corrected chi connectivity index (χ2v) is 10.9. The predicted molar refractivity (Wildman–Crippen MR) is 129 cm³/mol. The van der Waals surface area contributed by atoms with Crippen molar-refractivity contribution in [3.8, 4) is 5.75 Å². The van der Waals surface area contributed by atoms with Crippen LogP contribution in [0, 0.1) is 11.8 Å². The number of halogens is 3. The van der Waals surface area contributed by atoms with Crippen molar-refractivity contribution in [1.82, 2.24) is 9.80 Å². The number of hydrogen-bond donors (Lipinski definition) is 0. The Morgan fingerprint density at radius 2 is 1.45 bits per heavy atom. The highest BCUT2D eigenvalue weighted by molar-refractivity contribution is 6.26. The van der Waals surface area contributed by atoms with Crippen molar-refractivity contribution < 1.29 is 37.1 Å². The van der Waals surface area contributed by atoms with E-state index in [2.05, 4.69) is 0 Å². The molecule has 200 valence electrons. The highest BCUT2D eigenvalue weighted by atomic mass is 19.4. The van der Waals surface area contributed by atoms with Gasteiger partial charge in [0.15, 0.2) is 0 Å². The maximum absolute atomic E-state index is 14.0. The SMILES string of the molecule is COc1ccc([C@@H]2[C@@H]3C(=O)N(C(C)(C)C)C(=O)[C@@H]3[C@]3(C)C(=O)N(c4ccc(C(F)(F)F)cc4)C(=O)N23)cc1. The van der Waals surface area contributed by atoms with E-state index in [4.69, 9.17) is 4.74 Å². The Labute approximate surface area is 216 Å². The molecule has 0 unspecified atom stereocenters. The summed E-state index contributed by atoms with van der Waals surface area (Å²) in [7, 11) is 1.49. The van der Waals surface area contributed by atoms with Gasteiger partial charge in [-0.2, -0.15) is 13.2 Å². The lowest BCUT2D eigenvalue weighted by atomic mass is 9.79. The summed E-state index contributed by atoms with van der Waals surface area (Å²) in [6, 6.07) is 8.54. The minimum Gasteiger partial charge on any atom is -0.497 e. The Morgan fingerprint density at radius 1 is 0.868 bits per heavy atom. The highest BCUT2D eigenvalue weighted by Crippen LogP contribution is 2.59. The van der Waals surface area contributed by atoms with Crippen LogP contribution in [0.5, 0.6) is 5.75 Å². The second-order valence-electron chi connectivity index (χ2n) is 10.9. The van der Waals surface area contributed by atoms with Crippen molar-refractivity contribution >= 4 is 29.4 Å². The van der Waals surface area contributed by atoms with Crippen LogP contribution in [-0.4, -0.2) is 51.7 Å². The number of fused-ring (bicyclic) bond motifs is 3. The number of methoxy groups -OCH3 is 1. The molecule has 0 radical (unpaired) electrons. The number of urea groups is 1. The fraction of sp³-hybridized carbons (Fsp3) is 0.407. The first-order valence-corrected chi connectivity index (χ1v) is 12.0.